The highest BCUT2D eigenvalue weighted by atomic mass is 16.2. The molecule has 28 heavy (non-hydrogen) atoms. The lowest BCUT2D eigenvalue weighted by atomic mass is 10.0. The maximum atomic E-state index is 12.6. The van der Waals surface area contributed by atoms with Gasteiger partial charge in [0.15, 0.2) is 5.69 Å². The summed E-state index contributed by atoms with van der Waals surface area (Å²) in [5.41, 5.74) is 2.47. The van der Waals surface area contributed by atoms with Gasteiger partial charge in [-0.1, -0.05) is 54.6 Å². The van der Waals surface area contributed by atoms with Crippen molar-refractivity contribution in [2.45, 2.75) is 25.9 Å². The van der Waals surface area contributed by atoms with Gasteiger partial charge in [0.05, 0.1) is 18.8 Å². The van der Waals surface area contributed by atoms with Crippen LogP contribution >= 0.6 is 0 Å². The summed E-state index contributed by atoms with van der Waals surface area (Å²) < 4.78 is 1.70. The van der Waals surface area contributed by atoms with Crippen LogP contribution in [0.15, 0.2) is 73.2 Å². The van der Waals surface area contributed by atoms with Crippen molar-refractivity contribution in [3.05, 3.63) is 90.0 Å². The van der Waals surface area contributed by atoms with E-state index < -0.39 is 0 Å². The van der Waals surface area contributed by atoms with Crippen LogP contribution in [0.1, 0.15) is 41.0 Å². The fourth-order valence-corrected chi connectivity index (χ4v) is 3.33. The molecule has 0 saturated heterocycles. The Labute approximate surface area is 163 Å². The van der Waals surface area contributed by atoms with Crippen molar-refractivity contribution in [1.82, 2.24) is 25.3 Å². The molecule has 4 aromatic rings. The molecule has 1 atom stereocenters. The second kappa shape index (κ2) is 8.00. The minimum atomic E-state index is -0.229. The summed E-state index contributed by atoms with van der Waals surface area (Å²) >= 11 is 0. The second-order valence-corrected chi connectivity index (χ2v) is 6.65. The molecule has 1 unspecified atom stereocenters. The molecule has 1 N–H and O–H groups in total. The molecule has 0 spiro atoms. The Balaban J connectivity index is 1.50. The SMILES string of the molecule is CCC(NC(=O)c1cn(Cc2cccc3ccccc23)nn1)c1ccncc1. The molecule has 1 amide bonds. The maximum Gasteiger partial charge on any atom is 0.273 e. The normalized spacial score (nSPS) is 12.0. The van der Waals surface area contributed by atoms with Crippen molar-refractivity contribution in [3.63, 3.8) is 0 Å². The fourth-order valence-electron chi connectivity index (χ4n) is 3.33. The molecule has 0 bridgehead atoms. The van der Waals surface area contributed by atoms with Gasteiger partial charge in [-0.3, -0.25) is 9.78 Å². The summed E-state index contributed by atoms with van der Waals surface area (Å²) in [6.07, 6.45) is 5.92. The summed E-state index contributed by atoms with van der Waals surface area (Å²) in [4.78, 5) is 16.6. The van der Waals surface area contributed by atoms with Gasteiger partial charge in [-0.05, 0) is 40.5 Å². The van der Waals surface area contributed by atoms with Gasteiger partial charge in [0.2, 0.25) is 0 Å². The third-order valence-electron chi connectivity index (χ3n) is 4.81. The van der Waals surface area contributed by atoms with Crippen molar-refractivity contribution in [2.75, 3.05) is 0 Å². The minimum absolute atomic E-state index is 0.0845. The maximum absolute atomic E-state index is 12.6. The van der Waals surface area contributed by atoms with Gasteiger partial charge in [-0.25, -0.2) is 4.68 Å². The zero-order chi connectivity index (χ0) is 19.3. The molecule has 0 aliphatic rings. The Morgan fingerprint density at radius 2 is 1.86 bits per heavy atom. The molecule has 2 aromatic heterocycles. The van der Waals surface area contributed by atoms with Gasteiger partial charge < -0.3 is 5.32 Å². The third kappa shape index (κ3) is 3.76. The highest BCUT2D eigenvalue weighted by Crippen LogP contribution is 2.19. The largest absolute Gasteiger partial charge is 0.344 e. The molecular formula is C22H21N5O. The predicted octanol–water partition coefficient (Wildman–Crippen LogP) is 3.76. The van der Waals surface area contributed by atoms with E-state index in [0.29, 0.717) is 12.2 Å². The number of benzene rings is 2. The van der Waals surface area contributed by atoms with E-state index in [1.54, 1.807) is 23.3 Å². The lowest BCUT2D eigenvalue weighted by molar-refractivity contribution is 0.0930. The number of amides is 1. The monoisotopic (exact) mass is 371 g/mol. The van der Waals surface area contributed by atoms with Crippen molar-refractivity contribution < 1.29 is 4.79 Å². The molecule has 140 valence electrons. The number of nitrogens with zero attached hydrogens (tertiary/aromatic N) is 4. The zero-order valence-corrected chi connectivity index (χ0v) is 15.6. The number of aromatic nitrogens is 4. The summed E-state index contributed by atoms with van der Waals surface area (Å²) in [7, 11) is 0. The third-order valence-corrected chi connectivity index (χ3v) is 4.81. The van der Waals surface area contributed by atoms with E-state index >= 15 is 0 Å². The zero-order valence-electron chi connectivity index (χ0n) is 15.6. The molecule has 0 aliphatic carbocycles. The van der Waals surface area contributed by atoms with Gasteiger partial charge >= 0.3 is 0 Å². The number of rotatable bonds is 6. The van der Waals surface area contributed by atoms with E-state index in [1.807, 2.05) is 37.3 Å². The Morgan fingerprint density at radius 3 is 2.68 bits per heavy atom. The van der Waals surface area contributed by atoms with E-state index in [9.17, 15) is 4.79 Å². The quantitative estimate of drug-likeness (QED) is 0.560. The van der Waals surface area contributed by atoms with Crippen molar-refractivity contribution in [1.29, 1.82) is 0 Å². The van der Waals surface area contributed by atoms with Crippen LogP contribution in [0.25, 0.3) is 10.8 Å². The number of hydrogen-bond acceptors (Lipinski definition) is 4. The van der Waals surface area contributed by atoms with E-state index in [2.05, 4.69) is 44.9 Å². The second-order valence-electron chi connectivity index (χ2n) is 6.65. The first-order chi connectivity index (χ1) is 13.7. The molecule has 6 heteroatoms. The summed E-state index contributed by atoms with van der Waals surface area (Å²) in [6, 6.07) is 18.1. The lowest BCUT2D eigenvalue weighted by Crippen LogP contribution is -2.28. The Morgan fingerprint density at radius 1 is 1.07 bits per heavy atom. The van der Waals surface area contributed by atoms with Crippen LogP contribution in [-0.2, 0) is 6.54 Å². The first kappa shape index (κ1) is 17.9. The van der Waals surface area contributed by atoms with Crippen molar-refractivity contribution >= 4 is 16.7 Å². The van der Waals surface area contributed by atoms with Crippen LogP contribution in [0.2, 0.25) is 0 Å². The van der Waals surface area contributed by atoms with Crippen LogP contribution in [0.5, 0.6) is 0 Å². The van der Waals surface area contributed by atoms with Crippen LogP contribution < -0.4 is 5.32 Å². The first-order valence-corrected chi connectivity index (χ1v) is 9.32. The van der Waals surface area contributed by atoms with Crippen LogP contribution in [0.4, 0.5) is 0 Å². The molecule has 6 nitrogen and oxygen atoms in total. The molecular weight excluding hydrogens is 350 g/mol. The van der Waals surface area contributed by atoms with Gasteiger partial charge in [-0.2, -0.15) is 0 Å². The van der Waals surface area contributed by atoms with E-state index in [1.165, 1.54) is 10.8 Å². The lowest BCUT2D eigenvalue weighted by Gasteiger charge is -2.16. The molecule has 2 aromatic carbocycles. The molecule has 0 radical (unpaired) electrons. The minimum Gasteiger partial charge on any atom is -0.344 e. The van der Waals surface area contributed by atoms with Crippen LogP contribution in [-0.4, -0.2) is 25.9 Å². The van der Waals surface area contributed by atoms with Crippen LogP contribution in [0, 0.1) is 0 Å². The average Bonchev–Trinajstić information content (AvgIpc) is 3.21. The van der Waals surface area contributed by atoms with Gasteiger partial charge in [0, 0.05) is 12.4 Å². The molecule has 0 fully saturated rings. The van der Waals surface area contributed by atoms with Gasteiger partial charge in [0.25, 0.3) is 5.91 Å². The fraction of sp³-hybridized carbons (Fsp3) is 0.182. The number of nitrogens with one attached hydrogen (secondary N) is 1. The summed E-state index contributed by atoms with van der Waals surface area (Å²) in [5, 5.41) is 13.6. The summed E-state index contributed by atoms with van der Waals surface area (Å²) in [5.74, 6) is -0.229. The summed E-state index contributed by atoms with van der Waals surface area (Å²) in [6.45, 7) is 2.59. The van der Waals surface area contributed by atoms with E-state index in [4.69, 9.17) is 0 Å². The van der Waals surface area contributed by atoms with Crippen molar-refractivity contribution in [2.24, 2.45) is 0 Å². The number of pyridine rings is 1. The van der Waals surface area contributed by atoms with Gasteiger partial charge in [0.1, 0.15) is 0 Å². The van der Waals surface area contributed by atoms with Crippen molar-refractivity contribution in [3.8, 4) is 0 Å². The average molecular weight is 371 g/mol. The molecule has 4 rings (SSSR count). The Hall–Kier alpha value is -3.54. The topological polar surface area (TPSA) is 72.7 Å². The number of fused-ring (bicyclic) bond motifs is 1. The highest BCUT2D eigenvalue weighted by Gasteiger charge is 2.17. The standard InChI is InChI=1S/C22H21N5O/c1-2-20(17-10-12-23-13-11-17)24-22(28)21-15-27(26-25-21)14-18-8-5-7-16-6-3-4-9-19(16)18/h3-13,15,20H,2,14H2,1H3,(H,24,28). The van der Waals surface area contributed by atoms with Crippen LogP contribution in [0.3, 0.4) is 0 Å². The number of carbonyl (C=O) groups excluding carboxylic acids is 1. The van der Waals surface area contributed by atoms with Gasteiger partial charge in [-0.15, -0.1) is 5.10 Å². The molecule has 2 heterocycles. The predicted molar refractivity (Wildman–Crippen MR) is 108 cm³/mol. The highest BCUT2D eigenvalue weighted by molar-refractivity contribution is 5.92. The number of carbonyl (C=O) groups is 1. The van der Waals surface area contributed by atoms with E-state index in [0.717, 1.165) is 17.5 Å². The smallest absolute Gasteiger partial charge is 0.273 e. The Kier molecular flexibility index (Phi) is 5.10. The first-order valence-electron chi connectivity index (χ1n) is 9.32. The molecule has 0 aliphatic heterocycles. The van der Waals surface area contributed by atoms with E-state index in [-0.39, 0.29) is 11.9 Å². The Bertz CT molecular complexity index is 1090. The number of hydrogen-bond donors (Lipinski definition) is 1. The molecule has 0 saturated carbocycles.